The third kappa shape index (κ3) is 2.02. The van der Waals surface area contributed by atoms with Crippen molar-refractivity contribution in [1.82, 2.24) is 0 Å². The van der Waals surface area contributed by atoms with Gasteiger partial charge < -0.3 is 4.42 Å². The number of hydrogen-bond acceptors (Lipinski definition) is 1. The summed E-state index contributed by atoms with van der Waals surface area (Å²) in [6, 6.07) is 36.0. The first-order valence-corrected chi connectivity index (χ1v) is 11.9. The Morgan fingerprint density at radius 2 is 1.09 bits per heavy atom. The van der Waals surface area contributed by atoms with E-state index in [0.29, 0.717) is 0 Å². The molecule has 5 aromatic carbocycles. The van der Waals surface area contributed by atoms with Crippen molar-refractivity contribution in [3.63, 3.8) is 0 Å². The molecule has 1 nitrogen and oxygen atoms in total. The van der Waals surface area contributed by atoms with Gasteiger partial charge in [0.2, 0.25) is 0 Å². The van der Waals surface area contributed by atoms with Crippen LogP contribution in [0.25, 0.3) is 44.2 Å². The molecular weight excluding hydrogens is 412 g/mol. The lowest BCUT2D eigenvalue weighted by molar-refractivity contribution is 0.666. The molecule has 0 saturated carbocycles. The van der Waals surface area contributed by atoms with Crippen molar-refractivity contribution in [3.8, 4) is 22.3 Å². The van der Waals surface area contributed by atoms with Gasteiger partial charge in [0.25, 0.3) is 0 Å². The molecule has 0 saturated heterocycles. The zero-order valence-electron chi connectivity index (χ0n) is 19.1. The standard InChI is InChI=1S/C33H22O/c1-19-11-13-22-23-14-12-20(2)16-29(23)33(28(22)15-19)27-9-5-3-7-21(27)25-17-26-24-8-4-6-10-31(24)34-32(26)18-30(25)33/h3-18H,1-2H3. The highest BCUT2D eigenvalue weighted by molar-refractivity contribution is 6.09. The van der Waals surface area contributed by atoms with E-state index >= 15 is 0 Å². The van der Waals surface area contributed by atoms with Crippen molar-refractivity contribution in [3.05, 3.63) is 130 Å². The number of aryl methyl sites for hydroxylation is 2. The molecule has 6 aromatic rings. The number of furan rings is 1. The third-order valence-corrected chi connectivity index (χ3v) is 7.99. The molecule has 1 heteroatoms. The second-order valence-electron chi connectivity index (χ2n) is 9.89. The molecule has 8 rings (SSSR count). The highest BCUT2D eigenvalue weighted by Gasteiger charge is 2.52. The van der Waals surface area contributed by atoms with Crippen LogP contribution in [0.4, 0.5) is 0 Å². The maximum Gasteiger partial charge on any atom is 0.135 e. The van der Waals surface area contributed by atoms with Crippen molar-refractivity contribution in [2.24, 2.45) is 0 Å². The Hall–Kier alpha value is -4.10. The molecule has 0 unspecified atom stereocenters. The smallest absolute Gasteiger partial charge is 0.135 e. The molecule has 1 spiro atoms. The van der Waals surface area contributed by atoms with Crippen LogP contribution < -0.4 is 0 Å². The van der Waals surface area contributed by atoms with Gasteiger partial charge >= 0.3 is 0 Å². The van der Waals surface area contributed by atoms with E-state index < -0.39 is 0 Å². The fourth-order valence-electron chi connectivity index (χ4n) is 6.63. The van der Waals surface area contributed by atoms with Crippen molar-refractivity contribution in [2.45, 2.75) is 19.3 Å². The lowest BCUT2D eigenvalue weighted by atomic mass is 9.70. The summed E-state index contributed by atoms with van der Waals surface area (Å²) in [5, 5.41) is 2.37. The van der Waals surface area contributed by atoms with Crippen LogP contribution in [0.15, 0.2) is 101 Å². The van der Waals surface area contributed by atoms with Crippen LogP contribution >= 0.6 is 0 Å². The van der Waals surface area contributed by atoms with Crippen LogP contribution in [-0.4, -0.2) is 0 Å². The number of para-hydroxylation sites is 1. The van der Waals surface area contributed by atoms with E-state index in [9.17, 15) is 0 Å². The number of hydrogen-bond donors (Lipinski definition) is 0. The Balaban J connectivity index is 1.61. The van der Waals surface area contributed by atoms with Crippen molar-refractivity contribution >= 4 is 21.9 Å². The maximum atomic E-state index is 6.40. The third-order valence-electron chi connectivity index (χ3n) is 7.99. The van der Waals surface area contributed by atoms with Gasteiger partial charge in [-0.25, -0.2) is 0 Å². The van der Waals surface area contributed by atoms with Gasteiger partial charge in [0.15, 0.2) is 0 Å². The Bertz CT molecular complexity index is 1780. The number of rotatable bonds is 0. The summed E-state index contributed by atoms with van der Waals surface area (Å²) < 4.78 is 6.40. The minimum absolute atomic E-state index is 0.332. The topological polar surface area (TPSA) is 13.1 Å². The highest BCUT2D eigenvalue weighted by atomic mass is 16.3. The van der Waals surface area contributed by atoms with Gasteiger partial charge in [-0.15, -0.1) is 0 Å². The van der Waals surface area contributed by atoms with Gasteiger partial charge in [-0.2, -0.15) is 0 Å². The Morgan fingerprint density at radius 3 is 1.85 bits per heavy atom. The molecule has 160 valence electrons. The van der Waals surface area contributed by atoms with Gasteiger partial charge in [-0.3, -0.25) is 0 Å². The van der Waals surface area contributed by atoms with E-state index in [4.69, 9.17) is 4.42 Å². The Labute approximate surface area is 198 Å². The summed E-state index contributed by atoms with van der Waals surface area (Å²) in [5.74, 6) is 0. The molecule has 2 aliphatic rings. The number of fused-ring (bicyclic) bond motifs is 13. The Morgan fingerprint density at radius 1 is 0.471 bits per heavy atom. The summed E-state index contributed by atoms with van der Waals surface area (Å²) in [5.41, 5.74) is 15.0. The Kier molecular flexibility index (Phi) is 3.27. The highest BCUT2D eigenvalue weighted by Crippen LogP contribution is 2.63. The van der Waals surface area contributed by atoms with Gasteiger partial charge in [-0.05, 0) is 76.6 Å². The fourth-order valence-corrected chi connectivity index (χ4v) is 6.63. The van der Waals surface area contributed by atoms with Crippen LogP contribution in [0.3, 0.4) is 0 Å². The van der Waals surface area contributed by atoms with Gasteiger partial charge in [0.05, 0.1) is 5.41 Å². The first kappa shape index (κ1) is 18.3. The zero-order valence-corrected chi connectivity index (χ0v) is 19.1. The molecule has 1 heterocycles. The summed E-state index contributed by atoms with van der Waals surface area (Å²) in [6.45, 7) is 4.40. The van der Waals surface area contributed by atoms with Crippen LogP contribution in [0.1, 0.15) is 33.4 Å². The minimum atomic E-state index is -0.332. The minimum Gasteiger partial charge on any atom is -0.456 e. The first-order valence-electron chi connectivity index (χ1n) is 11.9. The van der Waals surface area contributed by atoms with E-state index in [-0.39, 0.29) is 5.41 Å². The van der Waals surface area contributed by atoms with E-state index in [1.165, 1.54) is 66.4 Å². The second-order valence-corrected chi connectivity index (χ2v) is 9.89. The predicted octanol–water partition coefficient (Wildman–Crippen LogP) is 8.55. The molecule has 0 bridgehead atoms. The molecule has 0 atom stereocenters. The average molecular weight is 435 g/mol. The monoisotopic (exact) mass is 434 g/mol. The molecule has 2 aliphatic carbocycles. The van der Waals surface area contributed by atoms with E-state index in [1.54, 1.807) is 0 Å². The molecule has 0 radical (unpaired) electrons. The maximum absolute atomic E-state index is 6.40. The molecule has 0 N–H and O–H groups in total. The molecular formula is C33H22O. The van der Waals surface area contributed by atoms with E-state index in [0.717, 1.165) is 11.2 Å². The van der Waals surface area contributed by atoms with Crippen LogP contribution in [0.5, 0.6) is 0 Å². The quantitative estimate of drug-likeness (QED) is 0.233. The lowest BCUT2D eigenvalue weighted by Gasteiger charge is -2.30. The van der Waals surface area contributed by atoms with Crippen molar-refractivity contribution in [2.75, 3.05) is 0 Å². The van der Waals surface area contributed by atoms with Crippen LogP contribution in [0, 0.1) is 13.8 Å². The normalized spacial score (nSPS) is 14.4. The molecule has 34 heavy (non-hydrogen) atoms. The van der Waals surface area contributed by atoms with E-state index in [2.05, 4.69) is 105 Å². The average Bonchev–Trinajstić information content (AvgIpc) is 3.45. The van der Waals surface area contributed by atoms with Crippen molar-refractivity contribution in [1.29, 1.82) is 0 Å². The summed E-state index contributed by atoms with van der Waals surface area (Å²) in [7, 11) is 0. The van der Waals surface area contributed by atoms with Gasteiger partial charge in [-0.1, -0.05) is 90.0 Å². The summed E-state index contributed by atoms with van der Waals surface area (Å²) >= 11 is 0. The van der Waals surface area contributed by atoms with Gasteiger partial charge in [0.1, 0.15) is 11.2 Å². The van der Waals surface area contributed by atoms with Crippen LogP contribution in [0.2, 0.25) is 0 Å². The van der Waals surface area contributed by atoms with Crippen LogP contribution in [-0.2, 0) is 5.41 Å². The summed E-state index contributed by atoms with van der Waals surface area (Å²) in [4.78, 5) is 0. The zero-order chi connectivity index (χ0) is 22.6. The SMILES string of the molecule is Cc1ccc2c(c1)C1(c3ccccc3-c3cc4c(cc31)oc1ccccc14)c1cc(C)ccc1-2. The largest absolute Gasteiger partial charge is 0.456 e. The molecule has 0 aliphatic heterocycles. The lowest BCUT2D eigenvalue weighted by Crippen LogP contribution is -2.26. The second kappa shape index (κ2) is 6.07. The number of benzene rings is 5. The molecule has 0 fully saturated rings. The first-order chi connectivity index (χ1) is 16.7. The predicted molar refractivity (Wildman–Crippen MR) is 139 cm³/mol. The van der Waals surface area contributed by atoms with E-state index in [1.807, 2.05) is 6.07 Å². The van der Waals surface area contributed by atoms with Crippen molar-refractivity contribution < 1.29 is 4.42 Å². The summed E-state index contributed by atoms with van der Waals surface area (Å²) in [6.07, 6.45) is 0. The molecule has 1 aromatic heterocycles. The molecule has 0 amide bonds. The van der Waals surface area contributed by atoms with Gasteiger partial charge in [0, 0.05) is 10.8 Å². The fraction of sp³-hybridized carbons (Fsp3) is 0.0909.